The van der Waals surface area contributed by atoms with Crippen LogP contribution in [-0.4, -0.2) is 70.9 Å². The van der Waals surface area contributed by atoms with Crippen LogP contribution in [0.4, 0.5) is 32.2 Å². The summed E-state index contributed by atoms with van der Waals surface area (Å²) in [7, 11) is 0. The third-order valence-corrected chi connectivity index (χ3v) is 5.91. The normalized spacial score (nSPS) is 14.3. The Morgan fingerprint density at radius 1 is 0.872 bits per heavy atom. The second-order valence-electron chi connectivity index (χ2n) is 8.70. The molecule has 1 aliphatic heterocycles. The molecular formula is C25H21F6N5O3. The first-order chi connectivity index (χ1) is 18.3. The van der Waals surface area contributed by atoms with Gasteiger partial charge in [0.2, 0.25) is 0 Å². The molecule has 8 nitrogen and oxygen atoms in total. The number of anilines is 1. The molecule has 3 aromatic rings. The lowest BCUT2D eigenvalue weighted by Gasteiger charge is -2.35. The van der Waals surface area contributed by atoms with Gasteiger partial charge in [-0.25, -0.2) is 0 Å². The van der Waals surface area contributed by atoms with Crippen LogP contribution in [-0.2, 0) is 6.18 Å². The fourth-order valence-corrected chi connectivity index (χ4v) is 3.97. The molecule has 0 spiro atoms. The maximum Gasteiger partial charge on any atom is 0.416 e. The number of amides is 2. The number of nitrogens with one attached hydrogen (secondary N) is 1. The van der Waals surface area contributed by atoms with Crippen LogP contribution in [0.15, 0.2) is 54.6 Å². The monoisotopic (exact) mass is 553 g/mol. The molecule has 1 aromatic heterocycles. The first kappa shape index (κ1) is 27.7. The van der Waals surface area contributed by atoms with Crippen molar-refractivity contribution < 1.29 is 41.0 Å². The summed E-state index contributed by atoms with van der Waals surface area (Å²) in [5.41, 5.74) is -1.03. The fourth-order valence-electron chi connectivity index (χ4n) is 3.97. The zero-order valence-corrected chi connectivity index (χ0v) is 20.1. The highest BCUT2D eigenvalue weighted by atomic mass is 19.4. The van der Waals surface area contributed by atoms with E-state index in [-0.39, 0.29) is 48.7 Å². The first-order valence-electron chi connectivity index (χ1n) is 11.5. The molecule has 0 unspecified atom stereocenters. The Balaban J connectivity index is 1.45. The summed E-state index contributed by atoms with van der Waals surface area (Å²) in [6, 6.07) is 11.3. The number of aromatic nitrogens is 2. The van der Waals surface area contributed by atoms with Gasteiger partial charge in [-0.3, -0.25) is 9.59 Å². The van der Waals surface area contributed by atoms with Gasteiger partial charge in [0.05, 0.1) is 5.56 Å². The van der Waals surface area contributed by atoms with Gasteiger partial charge in [-0.15, -0.1) is 10.2 Å². The van der Waals surface area contributed by atoms with E-state index in [0.29, 0.717) is 11.4 Å². The topological polar surface area (TPSA) is 98.7 Å². The Bertz CT molecular complexity index is 1350. The summed E-state index contributed by atoms with van der Waals surface area (Å²) >= 11 is 0. The smallest absolute Gasteiger partial charge is 0.416 e. The molecule has 1 aliphatic rings. The number of carbonyl (C=O) groups is 2. The quantitative estimate of drug-likeness (QED) is 0.462. The number of rotatable bonds is 5. The molecule has 0 aliphatic carbocycles. The van der Waals surface area contributed by atoms with Gasteiger partial charge >= 0.3 is 12.4 Å². The van der Waals surface area contributed by atoms with Crippen LogP contribution >= 0.6 is 0 Å². The van der Waals surface area contributed by atoms with Crippen molar-refractivity contribution in [2.75, 3.05) is 37.6 Å². The van der Waals surface area contributed by atoms with E-state index in [1.54, 1.807) is 10.2 Å². The highest BCUT2D eigenvalue weighted by Crippen LogP contribution is 2.34. The first-order valence-corrected chi connectivity index (χ1v) is 11.5. The molecule has 2 N–H and O–H groups in total. The third-order valence-electron chi connectivity index (χ3n) is 5.91. The number of halogens is 6. The van der Waals surface area contributed by atoms with Gasteiger partial charge in [-0.05, 0) is 53.6 Å². The molecule has 1 saturated heterocycles. The van der Waals surface area contributed by atoms with Gasteiger partial charge in [-0.2, -0.15) is 26.3 Å². The molecule has 0 bridgehead atoms. The van der Waals surface area contributed by atoms with Crippen molar-refractivity contribution in [1.82, 2.24) is 20.4 Å². The van der Waals surface area contributed by atoms with Crippen LogP contribution in [0.25, 0.3) is 11.1 Å². The van der Waals surface area contributed by atoms with E-state index < -0.39 is 36.3 Å². The summed E-state index contributed by atoms with van der Waals surface area (Å²) in [5, 5.41) is 19.0. The number of phenolic OH excluding ortho intramolecular Hbond substituents is 1. The maximum absolute atomic E-state index is 13.6. The van der Waals surface area contributed by atoms with Crippen LogP contribution in [0.2, 0.25) is 0 Å². The Labute approximate surface area is 217 Å². The number of carbonyl (C=O) groups excluding carboxylic acids is 2. The summed E-state index contributed by atoms with van der Waals surface area (Å²) in [5.74, 6) is -1.45. The summed E-state index contributed by atoms with van der Waals surface area (Å²) in [4.78, 5) is 28.1. The Morgan fingerprint density at radius 2 is 1.59 bits per heavy atom. The number of alkyl halides is 6. The van der Waals surface area contributed by atoms with Crippen molar-refractivity contribution >= 4 is 17.6 Å². The van der Waals surface area contributed by atoms with Crippen molar-refractivity contribution in [3.8, 4) is 16.9 Å². The molecular weight excluding hydrogens is 532 g/mol. The lowest BCUT2D eigenvalue weighted by molar-refractivity contribution is -0.137. The van der Waals surface area contributed by atoms with Crippen LogP contribution in [0, 0.1) is 0 Å². The Morgan fingerprint density at radius 3 is 2.18 bits per heavy atom. The van der Waals surface area contributed by atoms with Crippen molar-refractivity contribution in [3.05, 3.63) is 71.4 Å². The number of hydrogen-bond donors (Lipinski definition) is 2. The number of benzene rings is 2. The minimum atomic E-state index is -4.70. The number of nitrogens with zero attached hydrogens (tertiary/aromatic N) is 4. The number of aromatic hydroxyl groups is 1. The lowest BCUT2D eigenvalue weighted by atomic mass is 9.98. The highest BCUT2D eigenvalue weighted by molar-refractivity contribution is 5.96. The predicted molar refractivity (Wildman–Crippen MR) is 127 cm³/mol. The lowest BCUT2D eigenvalue weighted by Crippen LogP contribution is -2.49. The molecule has 0 atom stereocenters. The molecule has 0 radical (unpaired) electrons. The molecule has 4 rings (SSSR count). The van der Waals surface area contributed by atoms with Gasteiger partial charge in [0, 0.05) is 31.7 Å². The van der Waals surface area contributed by atoms with E-state index in [4.69, 9.17) is 0 Å². The average molecular weight is 553 g/mol. The molecule has 1 fully saturated rings. The number of phenols is 1. The largest absolute Gasteiger partial charge is 0.508 e. The molecule has 2 aromatic carbocycles. The van der Waals surface area contributed by atoms with E-state index in [2.05, 4.69) is 10.2 Å². The summed E-state index contributed by atoms with van der Waals surface area (Å²) < 4.78 is 77.6. The molecule has 14 heteroatoms. The van der Waals surface area contributed by atoms with E-state index in [0.717, 1.165) is 12.1 Å². The third kappa shape index (κ3) is 6.94. The molecule has 39 heavy (non-hydrogen) atoms. The minimum Gasteiger partial charge on any atom is -0.508 e. The second kappa shape index (κ2) is 10.8. The summed E-state index contributed by atoms with van der Waals surface area (Å²) in [6.45, 7) is -0.721. The van der Waals surface area contributed by atoms with Gasteiger partial charge in [-0.1, -0.05) is 12.1 Å². The van der Waals surface area contributed by atoms with Crippen molar-refractivity contribution in [2.24, 2.45) is 0 Å². The minimum absolute atomic E-state index is 0.123. The highest BCUT2D eigenvalue weighted by Gasteiger charge is 2.33. The van der Waals surface area contributed by atoms with Gasteiger partial charge in [0.25, 0.3) is 11.8 Å². The van der Waals surface area contributed by atoms with Crippen molar-refractivity contribution in [3.63, 3.8) is 0 Å². The van der Waals surface area contributed by atoms with Gasteiger partial charge < -0.3 is 20.2 Å². The SMILES string of the molecule is O=C(NCC(F)(F)F)c1ccc(N2CCN(C(=O)c3cc(-c4cccc(O)c4)cc(C(F)(F)F)c3)CC2)nn1. The zero-order valence-electron chi connectivity index (χ0n) is 20.1. The summed E-state index contributed by atoms with van der Waals surface area (Å²) in [6.07, 6.45) is -9.27. The molecule has 206 valence electrons. The zero-order chi connectivity index (χ0) is 28.4. The number of hydrogen-bond acceptors (Lipinski definition) is 6. The van der Waals surface area contributed by atoms with Gasteiger partial charge in [0.1, 0.15) is 12.3 Å². The molecule has 2 amide bonds. The standard InChI is InChI=1S/C25H21F6N5O3/c26-24(27,28)14-32-22(38)20-4-5-21(34-33-20)35-6-8-36(9-7-35)23(39)17-10-16(11-18(12-17)25(29,30)31)15-2-1-3-19(37)13-15/h1-5,10-13,37H,6-9,14H2,(H,32,38). The van der Waals surface area contributed by atoms with Crippen molar-refractivity contribution in [2.45, 2.75) is 12.4 Å². The predicted octanol–water partition coefficient (Wildman–Crippen LogP) is 4.12. The average Bonchev–Trinajstić information content (AvgIpc) is 2.90. The van der Waals surface area contributed by atoms with Crippen molar-refractivity contribution in [1.29, 1.82) is 0 Å². The van der Waals surface area contributed by atoms with Crippen LogP contribution < -0.4 is 10.2 Å². The van der Waals surface area contributed by atoms with Crippen LogP contribution in [0.1, 0.15) is 26.4 Å². The van der Waals surface area contributed by atoms with Crippen LogP contribution in [0.3, 0.4) is 0 Å². The van der Waals surface area contributed by atoms with Crippen LogP contribution in [0.5, 0.6) is 5.75 Å². The van der Waals surface area contributed by atoms with E-state index >= 15 is 0 Å². The Hall–Kier alpha value is -4.36. The Kier molecular flexibility index (Phi) is 7.65. The van der Waals surface area contributed by atoms with Gasteiger partial charge in [0.15, 0.2) is 11.5 Å². The molecule has 0 saturated carbocycles. The molecule has 2 heterocycles. The van der Waals surface area contributed by atoms with E-state index in [1.807, 2.05) is 0 Å². The maximum atomic E-state index is 13.6. The fraction of sp³-hybridized carbons (Fsp3) is 0.280. The van der Waals surface area contributed by atoms with E-state index in [9.17, 15) is 41.0 Å². The second-order valence-corrected chi connectivity index (χ2v) is 8.70. The van der Waals surface area contributed by atoms with E-state index in [1.165, 1.54) is 47.4 Å². The number of piperazine rings is 1.